The molecule has 0 fully saturated rings. The predicted octanol–water partition coefficient (Wildman–Crippen LogP) is 2.14. The first-order valence-corrected chi connectivity index (χ1v) is 3.87. The number of ether oxygens (including phenoxy) is 1. The zero-order valence-electron chi connectivity index (χ0n) is 6.60. The van der Waals surface area contributed by atoms with Crippen molar-refractivity contribution in [3.8, 4) is 5.75 Å². The molecule has 1 aromatic heterocycles. The molecule has 0 spiro atoms. The van der Waals surface area contributed by atoms with Crippen LogP contribution in [0.25, 0.3) is 0 Å². The first-order chi connectivity index (χ1) is 5.26. The summed E-state index contributed by atoms with van der Waals surface area (Å²) in [6.07, 6.45) is 0. The van der Waals surface area contributed by atoms with Gasteiger partial charge in [-0.1, -0.05) is 0 Å². The molecule has 0 aliphatic carbocycles. The van der Waals surface area contributed by atoms with Gasteiger partial charge >= 0.3 is 0 Å². The minimum atomic E-state index is 0.429. The lowest BCUT2D eigenvalue weighted by Gasteiger charge is -2.02. The molecule has 0 aliphatic rings. The highest BCUT2D eigenvalue weighted by molar-refractivity contribution is 6.16. The van der Waals surface area contributed by atoms with E-state index in [-0.39, 0.29) is 0 Å². The number of alkyl halides is 1. The van der Waals surface area contributed by atoms with Crippen LogP contribution in [0.5, 0.6) is 5.75 Å². The van der Waals surface area contributed by atoms with Crippen molar-refractivity contribution in [3.05, 3.63) is 23.5 Å². The number of rotatable bonds is 2. The Morgan fingerprint density at radius 2 is 2.27 bits per heavy atom. The molecule has 0 saturated heterocycles. The Morgan fingerprint density at radius 3 is 2.82 bits per heavy atom. The lowest BCUT2D eigenvalue weighted by atomic mass is 10.3. The number of aromatic nitrogens is 1. The number of hydrogen-bond acceptors (Lipinski definition) is 2. The molecule has 11 heavy (non-hydrogen) atoms. The second-order valence-corrected chi connectivity index (χ2v) is 2.54. The lowest BCUT2D eigenvalue weighted by molar-refractivity contribution is 0.413. The molecule has 0 unspecified atom stereocenters. The second-order valence-electron chi connectivity index (χ2n) is 2.27. The van der Waals surface area contributed by atoms with Crippen LogP contribution in [0.15, 0.2) is 12.1 Å². The summed E-state index contributed by atoms with van der Waals surface area (Å²) < 4.78 is 5.04. The average Bonchev–Trinajstić information content (AvgIpc) is 2.03. The van der Waals surface area contributed by atoms with E-state index < -0.39 is 0 Å². The molecule has 0 atom stereocenters. The highest BCUT2D eigenvalue weighted by Crippen LogP contribution is 2.14. The van der Waals surface area contributed by atoms with Gasteiger partial charge in [0.15, 0.2) is 0 Å². The van der Waals surface area contributed by atoms with Crippen LogP contribution in [0.4, 0.5) is 0 Å². The second kappa shape index (κ2) is 3.58. The standard InChI is InChI=1S/C8H10ClNO/c1-6-3-8(11-2)4-7(5-9)10-6/h3-4H,5H2,1-2H3. The third-order valence-corrected chi connectivity index (χ3v) is 1.63. The summed E-state index contributed by atoms with van der Waals surface area (Å²) in [5.74, 6) is 1.24. The van der Waals surface area contributed by atoms with Crippen LogP contribution in [-0.4, -0.2) is 12.1 Å². The van der Waals surface area contributed by atoms with Gasteiger partial charge < -0.3 is 4.74 Å². The van der Waals surface area contributed by atoms with E-state index in [2.05, 4.69) is 4.98 Å². The number of halogens is 1. The van der Waals surface area contributed by atoms with Crippen molar-refractivity contribution in [2.24, 2.45) is 0 Å². The normalized spacial score (nSPS) is 9.73. The van der Waals surface area contributed by atoms with Crippen molar-refractivity contribution in [1.29, 1.82) is 0 Å². The highest BCUT2D eigenvalue weighted by atomic mass is 35.5. The third-order valence-electron chi connectivity index (χ3n) is 1.35. The Balaban J connectivity index is 3.02. The summed E-state index contributed by atoms with van der Waals surface area (Å²) >= 11 is 5.61. The molecule has 0 saturated carbocycles. The number of hydrogen-bond donors (Lipinski definition) is 0. The Kier molecular flexibility index (Phi) is 2.71. The lowest BCUT2D eigenvalue weighted by Crippen LogP contribution is -1.91. The minimum Gasteiger partial charge on any atom is -0.497 e. The first kappa shape index (κ1) is 8.34. The molecular formula is C8H10ClNO. The maximum atomic E-state index is 5.61. The Morgan fingerprint density at radius 1 is 1.55 bits per heavy atom. The molecular weight excluding hydrogens is 162 g/mol. The largest absolute Gasteiger partial charge is 0.497 e. The molecule has 0 aromatic carbocycles. The number of aryl methyl sites for hydroxylation is 1. The van der Waals surface area contributed by atoms with E-state index in [1.54, 1.807) is 7.11 Å². The fraction of sp³-hybridized carbons (Fsp3) is 0.375. The van der Waals surface area contributed by atoms with Crippen molar-refractivity contribution in [2.75, 3.05) is 7.11 Å². The van der Waals surface area contributed by atoms with E-state index in [4.69, 9.17) is 16.3 Å². The van der Waals surface area contributed by atoms with Gasteiger partial charge in [0.05, 0.1) is 18.7 Å². The van der Waals surface area contributed by atoms with E-state index in [0.717, 1.165) is 17.1 Å². The Hall–Kier alpha value is -0.760. The summed E-state index contributed by atoms with van der Waals surface area (Å²) in [5, 5.41) is 0. The van der Waals surface area contributed by atoms with E-state index in [0.29, 0.717) is 5.88 Å². The van der Waals surface area contributed by atoms with Gasteiger partial charge in [0.25, 0.3) is 0 Å². The summed E-state index contributed by atoms with van der Waals surface area (Å²) in [4.78, 5) is 4.19. The quantitative estimate of drug-likeness (QED) is 0.637. The monoisotopic (exact) mass is 171 g/mol. The summed E-state index contributed by atoms with van der Waals surface area (Å²) in [5.41, 5.74) is 1.78. The molecule has 60 valence electrons. The summed E-state index contributed by atoms with van der Waals surface area (Å²) in [6.45, 7) is 1.92. The zero-order chi connectivity index (χ0) is 8.27. The summed E-state index contributed by atoms with van der Waals surface area (Å²) in [6, 6.07) is 3.70. The van der Waals surface area contributed by atoms with Crippen LogP contribution < -0.4 is 4.74 Å². The van der Waals surface area contributed by atoms with Gasteiger partial charge in [-0.15, -0.1) is 11.6 Å². The maximum absolute atomic E-state index is 5.61. The molecule has 1 rings (SSSR count). The van der Waals surface area contributed by atoms with Gasteiger partial charge in [-0.2, -0.15) is 0 Å². The SMILES string of the molecule is COc1cc(C)nc(CCl)c1. The van der Waals surface area contributed by atoms with Gasteiger partial charge in [0, 0.05) is 17.8 Å². The van der Waals surface area contributed by atoms with Gasteiger partial charge in [0.2, 0.25) is 0 Å². The number of nitrogens with zero attached hydrogens (tertiary/aromatic N) is 1. The topological polar surface area (TPSA) is 22.1 Å². The van der Waals surface area contributed by atoms with Gasteiger partial charge in [-0.05, 0) is 6.92 Å². The molecule has 0 radical (unpaired) electrons. The van der Waals surface area contributed by atoms with Gasteiger partial charge in [-0.25, -0.2) is 0 Å². The third kappa shape index (κ3) is 2.09. The maximum Gasteiger partial charge on any atom is 0.122 e. The number of methoxy groups -OCH3 is 1. The fourth-order valence-corrected chi connectivity index (χ4v) is 1.03. The van der Waals surface area contributed by atoms with Crippen molar-refractivity contribution in [1.82, 2.24) is 4.98 Å². The van der Waals surface area contributed by atoms with Crippen molar-refractivity contribution < 1.29 is 4.74 Å². The number of pyridine rings is 1. The molecule has 3 heteroatoms. The van der Waals surface area contributed by atoms with E-state index in [1.807, 2.05) is 19.1 Å². The van der Waals surface area contributed by atoms with E-state index in [9.17, 15) is 0 Å². The minimum absolute atomic E-state index is 0.429. The Labute approximate surface area is 71.2 Å². The van der Waals surface area contributed by atoms with Gasteiger partial charge in [-0.3, -0.25) is 4.98 Å². The summed E-state index contributed by atoms with van der Waals surface area (Å²) in [7, 11) is 1.63. The van der Waals surface area contributed by atoms with Crippen LogP contribution in [0.3, 0.4) is 0 Å². The molecule has 0 aliphatic heterocycles. The molecule has 1 aromatic rings. The van der Waals surface area contributed by atoms with Crippen LogP contribution in [0.1, 0.15) is 11.4 Å². The predicted molar refractivity (Wildman–Crippen MR) is 45.1 cm³/mol. The van der Waals surface area contributed by atoms with Crippen molar-refractivity contribution in [3.63, 3.8) is 0 Å². The Bertz CT molecular complexity index is 228. The molecule has 0 N–H and O–H groups in total. The van der Waals surface area contributed by atoms with E-state index in [1.165, 1.54) is 0 Å². The molecule has 2 nitrogen and oxygen atoms in total. The molecule has 1 heterocycles. The van der Waals surface area contributed by atoms with Crippen LogP contribution in [0.2, 0.25) is 0 Å². The molecule has 0 amide bonds. The van der Waals surface area contributed by atoms with Gasteiger partial charge in [0.1, 0.15) is 5.75 Å². The van der Waals surface area contributed by atoms with Crippen LogP contribution in [-0.2, 0) is 5.88 Å². The first-order valence-electron chi connectivity index (χ1n) is 3.34. The fourth-order valence-electron chi connectivity index (χ4n) is 0.889. The smallest absolute Gasteiger partial charge is 0.122 e. The van der Waals surface area contributed by atoms with E-state index >= 15 is 0 Å². The highest BCUT2D eigenvalue weighted by Gasteiger charge is 1.97. The molecule has 0 bridgehead atoms. The average molecular weight is 172 g/mol. The zero-order valence-corrected chi connectivity index (χ0v) is 7.35. The van der Waals surface area contributed by atoms with Crippen LogP contribution >= 0.6 is 11.6 Å². The van der Waals surface area contributed by atoms with Crippen LogP contribution in [0, 0.1) is 6.92 Å². The van der Waals surface area contributed by atoms with Crippen molar-refractivity contribution in [2.45, 2.75) is 12.8 Å². The van der Waals surface area contributed by atoms with Crippen molar-refractivity contribution >= 4 is 11.6 Å².